The second-order valence-electron chi connectivity index (χ2n) is 5.51. The van der Waals surface area contributed by atoms with Crippen molar-refractivity contribution in [1.82, 2.24) is 5.32 Å². The van der Waals surface area contributed by atoms with Crippen LogP contribution in [0.5, 0.6) is 5.75 Å². The maximum atomic E-state index is 13.6. The Hall–Kier alpha value is -1.91. The van der Waals surface area contributed by atoms with Gasteiger partial charge in [0, 0.05) is 18.7 Å². The van der Waals surface area contributed by atoms with E-state index in [0.717, 1.165) is 24.2 Å². The Morgan fingerprint density at radius 1 is 1.23 bits per heavy atom. The van der Waals surface area contributed by atoms with Crippen LogP contribution in [-0.4, -0.2) is 32.4 Å². The monoisotopic (exact) mass is 301 g/mol. The first-order valence-corrected chi connectivity index (χ1v) is 7.54. The third-order valence-corrected chi connectivity index (χ3v) is 3.73. The van der Waals surface area contributed by atoms with Crippen molar-refractivity contribution in [2.24, 2.45) is 0 Å². The summed E-state index contributed by atoms with van der Waals surface area (Å²) in [6.07, 6.45) is 0.0321. The number of benzene rings is 2. The molecule has 1 heterocycles. The minimum absolute atomic E-state index is 0.0321. The number of nitrogens with one attached hydrogen (secondary N) is 1. The fourth-order valence-corrected chi connectivity index (χ4v) is 2.50. The molecule has 3 nitrogen and oxygen atoms in total. The van der Waals surface area contributed by atoms with Gasteiger partial charge in [0.1, 0.15) is 24.3 Å². The quantitative estimate of drug-likeness (QED) is 0.941. The van der Waals surface area contributed by atoms with Crippen molar-refractivity contribution in [3.63, 3.8) is 0 Å². The topological polar surface area (TPSA) is 30.5 Å². The van der Waals surface area contributed by atoms with Crippen LogP contribution in [0, 0.1) is 12.7 Å². The molecule has 1 atom stereocenters. The smallest absolute Gasteiger partial charge is 0.127 e. The maximum absolute atomic E-state index is 13.6. The second kappa shape index (κ2) is 6.90. The number of rotatable bonds is 4. The summed E-state index contributed by atoms with van der Waals surface area (Å²) < 4.78 is 25.1. The van der Waals surface area contributed by atoms with Crippen molar-refractivity contribution in [3.05, 3.63) is 53.8 Å². The van der Waals surface area contributed by atoms with E-state index in [-0.39, 0.29) is 11.9 Å². The normalized spacial score (nSPS) is 18.2. The number of hydrogen-bond donors (Lipinski definition) is 1. The van der Waals surface area contributed by atoms with E-state index in [1.54, 1.807) is 6.07 Å². The van der Waals surface area contributed by atoms with Crippen LogP contribution >= 0.6 is 0 Å². The van der Waals surface area contributed by atoms with Crippen LogP contribution in [0.4, 0.5) is 4.39 Å². The van der Waals surface area contributed by atoms with Gasteiger partial charge in [-0.05, 0) is 30.7 Å². The summed E-state index contributed by atoms with van der Waals surface area (Å²) in [5.41, 5.74) is 2.89. The summed E-state index contributed by atoms with van der Waals surface area (Å²) in [6, 6.07) is 12.6. The summed E-state index contributed by atoms with van der Waals surface area (Å²) in [5, 5.41) is 3.27. The zero-order valence-corrected chi connectivity index (χ0v) is 12.6. The van der Waals surface area contributed by atoms with Gasteiger partial charge in [0.15, 0.2) is 0 Å². The number of halogens is 1. The fraction of sp³-hybridized carbons (Fsp3) is 0.333. The van der Waals surface area contributed by atoms with E-state index in [1.165, 1.54) is 17.7 Å². The third-order valence-electron chi connectivity index (χ3n) is 3.73. The number of aryl methyl sites for hydroxylation is 1. The molecule has 4 heteroatoms. The van der Waals surface area contributed by atoms with Gasteiger partial charge in [-0.2, -0.15) is 0 Å². The zero-order chi connectivity index (χ0) is 15.4. The second-order valence-corrected chi connectivity index (χ2v) is 5.51. The highest BCUT2D eigenvalue weighted by Gasteiger charge is 2.15. The molecule has 22 heavy (non-hydrogen) atoms. The van der Waals surface area contributed by atoms with E-state index < -0.39 is 0 Å². The lowest BCUT2D eigenvalue weighted by atomic mass is 10.0. The minimum Gasteiger partial charge on any atom is -0.490 e. The van der Waals surface area contributed by atoms with Crippen LogP contribution in [0.3, 0.4) is 0 Å². The molecule has 116 valence electrons. The molecule has 0 spiro atoms. The lowest BCUT2D eigenvalue weighted by molar-refractivity contribution is 0.000306. The third kappa shape index (κ3) is 3.64. The lowest BCUT2D eigenvalue weighted by Crippen LogP contribution is -2.41. The molecule has 0 saturated carbocycles. The standard InChI is InChI=1S/C18H20FNO2/c1-13-2-4-14(5-3-13)17-10-15(19)6-7-18(17)22-12-16-11-20-8-9-21-16/h2-7,10,16,20H,8-9,11-12H2,1H3. The van der Waals surface area contributed by atoms with E-state index in [4.69, 9.17) is 9.47 Å². The molecule has 1 aliphatic heterocycles. The molecule has 0 aromatic heterocycles. The van der Waals surface area contributed by atoms with E-state index in [9.17, 15) is 4.39 Å². The molecule has 1 aliphatic rings. The maximum Gasteiger partial charge on any atom is 0.127 e. The van der Waals surface area contributed by atoms with Gasteiger partial charge < -0.3 is 14.8 Å². The van der Waals surface area contributed by atoms with Gasteiger partial charge in [-0.1, -0.05) is 29.8 Å². The van der Waals surface area contributed by atoms with Crippen molar-refractivity contribution in [1.29, 1.82) is 0 Å². The van der Waals surface area contributed by atoms with Crippen LogP contribution in [0.1, 0.15) is 5.56 Å². The molecule has 0 radical (unpaired) electrons. The van der Waals surface area contributed by atoms with E-state index in [2.05, 4.69) is 5.32 Å². The van der Waals surface area contributed by atoms with Crippen LogP contribution in [0.15, 0.2) is 42.5 Å². The van der Waals surface area contributed by atoms with Gasteiger partial charge >= 0.3 is 0 Å². The molecule has 2 aromatic rings. The van der Waals surface area contributed by atoms with Crippen molar-refractivity contribution in [2.45, 2.75) is 13.0 Å². The Morgan fingerprint density at radius 3 is 2.77 bits per heavy atom. The summed E-state index contributed by atoms with van der Waals surface area (Å²) in [7, 11) is 0. The molecule has 0 bridgehead atoms. The summed E-state index contributed by atoms with van der Waals surface area (Å²) >= 11 is 0. The van der Waals surface area contributed by atoms with Crippen LogP contribution < -0.4 is 10.1 Å². The highest BCUT2D eigenvalue weighted by atomic mass is 19.1. The number of morpholine rings is 1. The van der Waals surface area contributed by atoms with Crippen molar-refractivity contribution < 1.29 is 13.9 Å². The van der Waals surface area contributed by atoms with Crippen LogP contribution in [0.25, 0.3) is 11.1 Å². The van der Waals surface area contributed by atoms with Crippen LogP contribution in [0.2, 0.25) is 0 Å². The Bertz CT molecular complexity index is 621. The average molecular weight is 301 g/mol. The van der Waals surface area contributed by atoms with Crippen molar-refractivity contribution in [2.75, 3.05) is 26.3 Å². The molecule has 0 amide bonds. The van der Waals surface area contributed by atoms with Gasteiger partial charge in [-0.15, -0.1) is 0 Å². The van der Waals surface area contributed by atoms with Crippen LogP contribution in [-0.2, 0) is 4.74 Å². The summed E-state index contributed by atoms with van der Waals surface area (Å²) in [6.45, 7) is 4.84. The van der Waals surface area contributed by atoms with E-state index >= 15 is 0 Å². The Labute approximate surface area is 130 Å². The number of hydrogen-bond acceptors (Lipinski definition) is 3. The molecule has 1 saturated heterocycles. The van der Waals surface area contributed by atoms with Gasteiger partial charge in [-0.3, -0.25) is 0 Å². The molecular formula is C18H20FNO2. The molecule has 1 N–H and O–H groups in total. The molecule has 0 aliphatic carbocycles. The van der Waals surface area contributed by atoms with Crippen molar-refractivity contribution in [3.8, 4) is 16.9 Å². The Kier molecular flexibility index (Phi) is 4.71. The first-order chi connectivity index (χ1) is 10.7. The first-order valence-electron chi connectivity index (χ1n) is 7.54. The predicted molar refractivity (Wildman–Crippen MR) is 84.7 cm³/mol. The number of ether oxygens (including phenoxy) is 2. The summed E-state index contributed by atoms with van der Waals surface area (Å²) in [5.74, 6) is 0.415. The van der Waals surface area contributed by atoms with Gasteiger partial charge in [-0.25, -0.2) is 4.39 Å². The van der Waals surface area contributed by atoms with Gasteiger partial charge in [0.2, 0.25) is 0 Å². The highest BCUT2D eigenvalue weighted by Crippen LogP contribution is 2.31. The minimum atomic E-state index is -0.265. The van der Waals surface area contributed by atoms with E-state index in [1.807, 2.05) is 31.2 Å². The molecule has 2 aromatic carbocycles. The SMILES string of the molecule is Cc1ccc(-c2cc(F)ccc2OCC2CNCCO2)cc1. The average Bonchev–Trinajstić information content (AvgIpc) is 2.55. The Balaban J connectivity index is 1.79. The largest absolute Gasteiger partial charge is 0.490 e. The molecule has 3 rings (SSSR count). The van der Waals surface area contributed by atoms with Gasteiger partial charge in [0.05, 0.1) is 6.61 Å². The lowest BCUT2D eigenvalue weighted by Gasteiger charge is -2.24. The van der Waals surface area contributed by atoms with Crippen molar-refractivity contribution >= 4 is 0 Å². The molecule has 1 fully saturated rings. The van der Waals surface area contributed by atoms with Gasteiger partial charge in [0.25, 0.3) is 0 Å². The highest BCUT2D eigenvalue weighted by molar-refractivity contribution is 5.70. The fourth-order valence-electron chi connectivity index (χ4n) is 2.50. The zero-order valence-electron chi connectivity index (χ0n) is 12.6. The van der Waals surface area contributed by atoms with E-state index in [0.29, 0.717) is 19.0 Å². The predicted octanol–water partition coefficient (Wildman–Crippen LogP) is 3.17. The Morgan fingerprint density at radius 2 is 2.05 bits per heavy atom. The summed E-state index contributed by atoms with van der Waals surface area (Å²) in [4.78, 5) is 0. The molecule has 1 unspecified atom stereocenters. The molecular weight excluding hydrogens is 281 g/mol. The first kappa shape index (κ1) is 15.0.